The summed E-state index contributed by atoms with van der Waals surface area (Å²) in [5.74, 6) is -0.684. The van der Waals surface area contributed by atoms with Crippen LogP contribution in [0.4, 0.5) is 5.69 Å². The van der Waals surface area contributed by atoms with Crippen molar-refractivity contribution in [2.24, 2.45) is 0 Å². The Morgan fingerprint density at radius 1 is 1.21 bits per heavy atom. The van der Waals surface area contributed by atoms with Crippen molar-refractivity contribution in [3.8, 4) is 0 Å². The molecule has 11 nitrogen and oxygen atoms in total. The van der Waals surface area contributed by atoms with Crippen molar-refractivity contribution in [1.82, 2.24) is 14.6 Å². The number of benzene rings is 1. The number of anilines is 1. The normalized spacial score (nSPS) is 14.8. The average Bonchev–Trinajstić information content (AvgIpc) is 3.14. The van der Waals surface area contributed by atoms with E-state index in [1.54, 1.807) is 16.8 Å². The van der Waals surface area contributed by atoms with Crippen molar-refractivity contribution in [2.75, 3.05) is 24.9 Å². The van der Waals surface area contributed by atoms with E-state index < -0.39 is 27.2 Å². The number of hydrogen-bond acceptors (Lipinski definition) is 7. The van der Waals surface area contributed by atoms with Crippen molar-refractivity contribution in [3.63, 3.8) is 0 Å². The second kappa shape index (κ2) is 11.5. The van der Waals surface area contributed by atoms with Crippen LogP contribution in [-0.2, 0) is 31.4 Å². The van der Waals surface area contributed by atoms with Crippen molar-refractivity contribution in [2.45, 2.75) is 25.5 Å². The molecule has 2 heterocycles. The number of rotatable bonds is 12. The fourth-order valence-electron chi connectivity index (χ4n) is 3.17. The van der Waals surface area contributed by atoms with Gasteiger partial charge in [-0.25, -0.2) is 9.50 Å². The van der Waals surface area contributed by atoms with E-state index in [0.717, 1.165) is 5.56 Å². The summed E-state index contributed by atoms with van der Waals surface area (Å²) in [4.78, 5) is 31.8. The number of aromatic nitrogens is 3. The highest BCUT2D eigenvalue weighted by Gasteiger charge is 2.31. The third kappa shape index (κ3) is 7.75. The molecule has 2 aromatic heterocycles. The van der Waals surface area contributed by atoms with Crippen LogP contribution in [-0.4, -0.2) is 55.0 Å². The van der Waals surface area contributed by atoms with Crippen LogP contribution in [0.2, 0.25) is 10.2 Å². The maximum atomic E-state index is 11.8. The summed E-state index contributed by atoms with van der Waals surface area (Å²) >= 11 is 12.4. The molecule has 0 fully saturated rings. The smallest absolute Gasteiger partial charge is 0.340 e. The van der Waals surface area contributed by atoms with Gasteiger partial charge in [0.15, 0.2) is 11.1 Å². The van der Waals surface area contributed by atoms with Gasteiger partial charge in [-0.05, 0) is 18.1 Å². The minimum atomic E-state index is -4.70. The molecule has 34 heavy (non-hydrogen) atoms. The topological polar surface area (TPSA) is 156 Å². The fraction of sp³-hybridized carbons (Fsp3) is 0.368. The van der Waals surface area contributed by atoms with Gasteiger partial charge >= 0.3 is 15.2 Å². The summed E-state index contributed by atoms with van der Waals surface area (Å²) in [7, 11) is -7.77. The molecule has 0 saturated heterocycles. The molecule has 15 heteroatoms. The van der Waals surface area contributed by atoms with Gasteiger partial charge in [-0.15, -0.1) is 0 Å². The molecular formula is C19H24Cl2N4O7P2. The molecule has 0 aliphatic carbocycles. The Kier molecular flexibility index (Phi) is 9.14. The molecule has 3 aromatic rings. The van der Waals surface area contributed by atoms with Gasteiger partial charge in [0.2, 0.25) is 0 Å². The summed E-state index contributed by atoms with van der Waals surface area (Å²) in [6, 6.07) is 9.15. The van der Waals surface area contributed by atoms with Crippen LogP contribution in [0.15, 0.2) is 36.5 Å². The van der Waals surface area contributed by atoms with Crippen molar-refractivity contribution >= 4 is 49.6 Å². The first-order valence-electron chi connectivity index (χ1n) is 10.0. The highest BCUT2D eigenvalue weighted by molar-refractivity contribution is 7.70. The van der Waals surface area contributed by atoms with Crippen LogP contribution in [0.5, 0.6) is 0 Å². The number of halogens is 2. The van der Waals surface area contributed by atoms with Gasteiger partial charge in [-0.3, -0.25) is 9.13 Å². The van der Waals surface area contributed by atoms with Gasteiger partial charge in [0.25, 0.3) is 0 Å². The second-order valence-corrected chi connectivity index (χ2v) is 12.2. The first-order chi connectivity index (χ1) is 16.0. The van der Waals surface area contributed by atoms with Crippen molar-refractivity contribution in [3.05, 3.63) is 58.1 Å². The highest BCUT2D eigenvalue weighted by atomic mass is 35.5. The van der Waals surface area contributed by atoms with Gasteiger partial charge in [0, 0.05) is 31.2 Å². The lowest BCUT2D eigenvalue weighted by Crippen LogP contribution is -2.19. The summed E-state index contributed by atoms with van der Waals surface area (Å²) < 4.78 is 34.5. The van der Waals surface area contributed by atoms with Gasteiger partial charge in [0.05, 0.1) is 24.6 Å². The van der Waals surface area contributed by atoms with E-state index in [9.17, 15) is 14.0 Å². The number of imidazole rings is 1. The zero-order valence-electron chi connectivity index (χ0n) is 18.0. The summed E-state index contributed by atoms with van der Waals surface area (Å²) in [5, 5.41) is 8.49. The zero-order valence-corrected chi connectivity index (χ0v) is 21.3. The van der Waals surface area contributed by atoms with E-state index in [-0.39, 0.29) is 11.8 Å². The summed E-state index contributed by atoms with van der Waals surface area (Å²) in [6.07, 6.45) is 1.72. The minimum Gasteiger partial charge on any atom is -0.379 e. The van der Waals surface area contributed by atoms with Crippen LogP contribution in [0.1, 0.15) is 17.8 Å². The molecule has 0 radical (unpaired) electrons. The fourth-order valence-corrected chi connectivity index (χ4v) is 6.15. The molecule has 0 amide bonds. The molecule has 1 aromatic carbocycles. The molecule has 4 N–H and O–H groups in total. The largest absolute Gasteiger partial charge is 0.379 e. The monoisotopic (exact) mass is 552 g/mol. The number of ether oxygens (including phenoxy) is 1. The van der Waals surface area contributed by atoms with E-state index in [4.69, 9.17) is 42.2 Å². The summed E-state index contributed by atoms with van der Waals surface area (Å²) in [5.41, 5.74) is 2.32. The lowest BCUT2D eigenvalue weighted by Gasteiger charge is -2.18. The summed E-state index contributed by atoms with van der Waals surface area (Å²) in [6.45, 7) is 0.140. The van der Waals surface area contributed by atoms with Crippen LogP contribution < -0.4 is 5.32 Å². The predicted octanol–water partition coefficient (Wildman–Crippen LogP) is 3.93. The standard InChI is InChI=1S/C19H24Cl2N4O7P2/c1-31-14(11-32-34(29,30)12-33(26,27)28)6-7-19-23-10-17-16(8-18(21)24-25(17)19)22-9-13-4-2-3-5-15(13)20/h2-5,8,10,14,22H,6-7,9,11-12H2,1H3,(H,29,30)(H2,26,27,28)/t14-/m0/s1. The number of hydrogen-bond donors (Lipinski definition) is 4. The van der Waals surface area contributed by atoms with Crippen molar-refractivity contribution in [1.29, 1.82) is 0 Å². The van der Waals surface area contributed by atoms with Gasteiger partial charge < -0.3 is 29.3 Å². The molecule has 3 rings (SSSR count). The molecule has 0 aliphatic rings. The quantitative estimate of drug-likeness (QED) is 0.243. The SMILES string of the molecule is CO[C@@H](CCc1ncc2c(NCc3ccccc3Cl)cc(Cl)nn12)COP(=O)(O)CP(=O)(O)O. The lowest BCUT2D eigenvalue weighted by molar-refractivity contribution is 0.0481. The zero-order chi connectivity index (χ0) is 24.9. The molecule has 0 saturated carbocycles. The van der Waals surface area contributed by atoms with Gasteiger partial charge in [-0.1, -0.05) is 41.4 Å². The first-order valence-corrected chi connectivity index (χ1v) is 14.3. The molecular weight excluding hydrogens is 529 g/mol. The lowest BCUT2D eigenvalue weighted by atomic mass is 10.2. The Balaban J connectivity index is 1.67. The molecule has 2 atom stereocenters. The number of nitrogens with zero attached hydrogens (tertiary/aromatic N) is 3. The Morgan fingerprint density at radius 3 is 2.62 bits per heavy atom. The molecule has 0 spiro atoms. The van der Waals surface area contributed by atoms with E-state index in [1.807, 2.05) is 24.3 Å². The minimum absolute atomic E-state index is 0.249. The Morgan fingerprint density at radius 2 is 1.94 bits per heavy atom. The Bertz CT molecular complexity index is 1240. The highest BCUT2D eigenvalue weighted by Crippen LogP contribution is 2.55. The number of fused-ring (bicyclic) bond motifs is 1. The Labute approximate surface area is 205 Å². The van der Waals surface area contributed by atoms with Gasteiger partial charge in [-0.2, -0.15) is 5.10 Å². The Hall–Kier alpha value is -1.52. The van der Waals surface area contributed by atoms with Crippen molar-refractivity contribution < 1.29 is 33.1 Å². The maximum absolute atomic E-state index is 11.8. The molecule has 1 unspecified atom stereocenters. The van der Waals surface area contributed by atoms with Crippen LogP contribution in [0.25, 0.3) is 5.52 Å². The van der Waals surface area contributed by atoms with E-state index in [1.165, 1.54) is 7.11 Å². The number of aryl methyl sites for hydroxylation is 1. The van der Waals surface area contributed by atoms with Crippen LogP contribution >= 0.6 is 38.4 Å². The number of methoxy groups -OCH3 is 1. The van der Waals surface area contributed by atoms with Crippen LogP contribution in [0.3, 0.4) is 0 Å². The van der Waals surface area contributed by atoms with E-state index >= 15 is 0 Å². The first kappa shape index (κ1) is 27.1. The van der Waals surface area contributed by atoms with Gasteiger partial charge in [0.1, 0.15) is 11.3 Å². The van der Waals surface area contributed by atoms with E-state index in [0.29, 0.717) is 41.4 Å². The maximum Gasteiger partial charge on any atom is 0.340 e. The second-order valence-electron chi connectivity index (χ2n) is 7.43. The average molecular weight is 553 g/mol. The third-order valence-corrected chi connectivity index (χ3v) is 8.83. The van der Waals surface area contributed by atoms with Crippen LogP contribution in [0, 0.1) is 0 Å². The predicted molar refractivity (Wildman–Crippen MR) is 129 cm³/mol. The molecule has 186 valence electrons. The van der Waals surface area contributed by atoms with E-state index in [2.05, 4.69) is 15.4 Å². The molecule has 0 bridgehead atoms. The molecule has 0 aliphatic heterocycles. The third-order valence-electron chi connectivity index (χ3n) is 4.82. The number of nitrogens with one attached hydrogen (secondary N) is 1.